The Morgan fingerprint density at radius 2 is 1.17 bits per heavy atom. The SMILES string of the molecule is O=C(CCCCCBr)Oc1ccc2cc(C(=O)O[C@@H]3CO[C@H]4[C@@H]3OC[C@@H]4OC(O)c3ccc4cc(OC(=O)CCCCCBr)ccc4c3)ccc2c1. The van der Waals surface area contributed by atoms with Gasteiger partial charge in [-0.2, -0.15) is 0 Å². The number of aliphatic hydroxyl groups excluding tert-OH is 1. The highest BCUT2D eigenvalue weighted by atomic mass is 79.9. The van der Waals surface area contributed by atoms with Crippen molar-refractivity contribution in [1.82, 2.24) is 0 Å². The molecule has 0 aliphatic carbocycles. The van der Waals surface area contributed by atoms with Gasteiger partial charge in [-0.25, -0.2) is 4.79 Å². The Kier molecular flexibility index (Phi) is 13.7. The van der Waals surface area contributed by atoms with Crippen molar-refractivity contribution < 1.29 is 47.9 Å². The molecule has 6 rings (SSSR count). The quantitative estimate of drug-likeness (QED) is 0.0366. The van der Waals surface area contributed by atoms with Crippen LogP contribution in [-0.2, 0) is 28.5 Å². The Morgan fingerprint density at radius 3 is 1.79 bits per heavy atom. The predicted molar refractivity (Wildman–Crippen MR) is 202 cm³/mol. The number of alkyl halides is 2. The second kappa shape index (κ2) is 18.6. The normalized spacial score (nSPS) is 20.1. The third kappa shape index (κ3) is 9.97. The zero-order chi connectivity index (χ0) is 36.5. The molecule has 2 aliphatic heterocycles. The van der Waals surface area contributed by atoms with Crippen molar-refractivity contribution >= 4 is 71.3 Å². The number of carbonyl (C=O) groups excluding carboxylic acids is 3. The largest absolute Gasteiger partial charge is 0.453 e. The average molecular weight is 843 g/mol. The Morgan fingerprint density at radius 1 is 0.654 bits per heavy atom. The van der Waals surface area contributed by atoms with Gasteiger partial charge in [-0.15, -0.1) is 0 Å². The van der Waals surface area contributed by atoms with E-state index in [-0.39, 0.29) is 25.2 Å². The van der Waals surface area contributed by atoms with Gasteiger partial charge >= 0.3 is 17.9 Å². The van der Waals surface area contributed by atoms with Crippen LogP contribution in [0.15, 0.2) is 72.8 Å². The number of esters is 3. The summed E-state index contributed by atoms with van der Waals surface area (Å²) in [7, 11) is 0. The summed E-state index contributed by atoms with van der Waals surface area (Å²) in [5.74, 6) is -0.0920. The highest BCUT2D eigenvalue weighted by Gasteiger charge is 2.50. The van der Waals surface area contributed by atoms with Crippen LogP contribution in [0.5, 0.6) is 11.5 Å². The van der Waals surface area contributed by atoms with Crippen LogP contribution < -0.4 is 9.47 Å². The van der Waals surface area contributed by atoms with Crippen LogP contribution in [-0.4, -0.2) is 71.3 Å². The molecule has 2 saturated heterocycles. The molecule has 276 valence electrons. The summed E-state index contributed by atoms with van der Waals surface area (Å²) in [5, 5.41) is 16.2. The van der Waals surface area contributed by atoms with Gasteiger partial charge in [0.05, 0.1) is 18.8 Å². The van der Waals surface area contributed by atoms with E-state index < -0.39 is 36.7 Å². The first-order valence-electron chi connectivity index (χ1n) is 17.7. The minimum Gasteiger partial charge on any atom is -0.453 e. The lowest BCUT2D eigenvalue weighted by atomic mass is 10.1. The molecule has 0 aromatic heterocycles. The number of hydrogen-bond acceptors (Lipinski definition) is 10. The molecule has 2 heterocycles. The molecule has 2 fully saturated rings. The molecule has 1 unspecified atom stereocenters. The maximum atomic E-state index is 13.2. The van der Waals surface area contributed by atoms with Crippen LogP contribution in [0.4, 0.5) is 0 Å². The summed E-state index contributed by atoms with van der Waals surface area (Å²) in [6, 6.07) is 21.3. The lowest BCUT2D eigenvalue weighted by Crippen LogP contribution is -2.35. The van der Waals surface area contributed by atoms with Crippen LogP contribution in [0, 0.1) is 0 Å². The highest BCUT2D eigenvalue weighted by molar-refractivity contribution is 9.09. The molecule has 0 bridgehead atoms. The van der Waals surface area contributed by atoms with Gasteiger partial charge in [0.15, 0.2) is 12.4 Å². The maximum Gasteiger partial charge on any atom is 0.338 e. The van der Waals surface area contributed by atoms with E-state index in [0.29, 0.717) is 35.5 Å². The number of halogens is 2. The van der Waals surface area contributed by atoms with E-state index in [9.17, 15) is 19.5 Å². The van der Waals surface area contributed by atoms with E-state index in [1.165, 1.54) is 0 Å². The lowest BCUT2D eigenvalue weighted by molar-refractivity contribution is -0.163. The number of unbranched alkanes of at least 4 members (excludes halogenated alkanes) is 4. The zero-order valence-electron chi connectivity index (χ0n) is 28.7. The van der Waals surface area contributed by atoms with E-state index in [0.717, 1.165) is 70.7 Å². The Balaban J connectivity index is 0.994. The van der Waals surface area contributed by atoms with Gasteiger partial charge in [0.2, 0.25) is 0 Å². The number of benzene rings is 4. The van der Waals surface area contributed by atoms with Gasteiger partial charge < -0.3 is 33.5 Å². The lowest BCUT2D eigenvalue weighted by Gasteiger charge is -2.21. The second-order valence-electron chi connectivity index (χ2n) is 13.0. The van der Waals surface area contributed by atoms with Crippen molar-refractivity contribution in [1.29, 1.82) is 0 Å². The first kappa shape index (κ1) is 38.3. The number of carbonyl (C=O) groups is 3. The molecule has 0 saturated carbocycles. The fraction of sp³-hybridized carbons (Fsp3) is 0.425. The molecule has 10 nitrogen and oxygen atoms in total. The minimum absolute atomic E-state index is 0.134. The predicted octanol–water partition coefficient (Wildman–Crippen LogP) is 8.11. The van der Waals surface area contributed by atoms with Crippen molar-refractivity contribution in [3.05, 3.63) is 83.9 Å². The molecular weight excluding hydrogens is 800 g/mol. The number of hydrogen-bond donors (Lipinski definition) is 1. The van der Waals surface area contributed by atoms with Crippen molar-refractivity contribution in [2.45, 2.75) is 82.1 Å². The smallest absolute Gasteiger partial charge is 0.338 e. The Labute approximate surface area is 319 Å². The van der Waals surface area contributed by atoms with E-state index in [2.05, 4.69) is 31.9 Å². The Bertz CT molecular complexity index is 1870. The van der Waals surface area contributed by atoms with Crippen LogP contribution in [0.25, 0.3) is 21.5 Å². The fourth-order valence-corrected chi connectivity index (χ4v) is 7.21. The highest BCUT2D eigenvalue weighted by Crippen LogP contribution is 2.34. The molecule has 4 aromatic carbocycles. The van der Waals surface area contributed by atoms with Gasteiger partial charge in [-0.3, -0.25) is 9.59 Å². The summed E-state index contributed by atoms with van der Waals surface area (Å²) in [4.78, 5) is 37.6. The number of aliphatic hydroxyl groups is 1. The first-order valence-corrected chi connectivity index (χ1v) is 19.9. The summed E-state index contributed by atoms with van der Waals surface area (Å²) >= 11 is 6.79. The first-order chi connectivity index (χ1) is 25.3. The summed E-state index contributed by atoms with van der Waals surface area (Å²) in [6.45, 7) is 0.299. The van der Waals surface area contributed by atoms with E-state index >= 15 is 0 Å². The second-order valence-corrected chi connectivity index (χ2v) is 14.6. The molecule has 4 aromatic rings. The summed E-state index contributed by atoms with van der Waals surface area (Å²) < 4.78 is 34.8. The molecule has 0 amide bonds. The van der Waals surface area contributed by atoms with Gasteiger partial charge in [0, 0.05) is 29.1 Å². The van der Waals surface area contributed by atoms with Crippen LogP contribution in [0.3, 0.4) is 0 Å². The van der Waals surface area contributed by atoms with Crippen molar-refractivity contribution in [3.63, 3.8) is 0 Å². The number of rotatable bonds is 17. The van der Waals surface area contributed by atoms with E-state index in [1.54, 1.807) is 54.6 Å². The van der Waals surface area contributed by atoms with Crippen LogP contribution >= 0.6 is 31.9 Å². The standard InChI is InChI=1S/C40H42Br2O10/c41-17-5-1-3-7-35(43)49-31-15-13-25-19-29(11-9-27(25)21-31)39(45)51-33-23-47-38-34(24-48-37(33)38)52-40(46)30-12-10-28-22-32(16-14-26(28)20-30)50-36(44)8-4-2-6-18-42/h9-16,19-22,33-34,37-39,45H,1-8,17-18,23-24H2/t33-,34+,37+,38+,39?/m0/s1. The molecule has 1 N–H and O–H groups in total. The van der Waals surface area contributed by atoms with E-state index in [1.807, 2.05) is 18.2 Å². The van der Waals surface area contributed by atoms with Crippen molar-refractivity contribution in [2.24, 2.45) is 0 Å². The third-order valence-electron chi connectivity index (χ3n) is 9.19. The molecular formula is C40H42Br2O10. The van der Waals surface area contributed by atoms with Gasteiger partial charge in [-0.05, 0) is 89.7 Å². The van der Waals surface area contributed by atoms with Gasteiger partial charge in [0.1, 0.15) is 29.8 Å². The Hall–Kier alpha value is -3.39. The number of ether oxygens (including phenoxy) is 6. The monoisotopic (exact) mass is 840 g/mol. The third-order valence-corrected chi connectivity index (χ3v) is 10.3. The van der Waals surface area contributed by atoms with E-state index in [4.69, 9.17) is 28.4 Å². The molecule has 0 radical (unpaired) electrons. The maximum absolute atomic E-state index is 13.2. The molecule has 0 spiro atoms. The topological polar surface area (TPSA) is 127 Å². The fourth-order valence-electron chi connectivity index (χ4n) is 6.42. The van der Waals surface area contributed by atoms with Crippen molar-refractivity contribution in [2.75, 3.05) is 23.9 Å². The van der Waals surface area contributed by atoms with Gasteiger partial charge in [-0.1, -0.05) is 75.0 Å². The van der Waals surface area contributed by atoms with Crippen LogP contribution in [0.2, 0.25) is 0 Å². The van der Waals surface area contributed by atoms with Gasteiger partial charge in [0.25, 0.3) is 0 Å². The molecule has 2 aliphatic rings. The molecule has 5 atom stereocenters. The number of fused-ring (bicyclic) bond motifs is 3. The van der Waals surface area contributed by atoms with Crippen molar-refractivity contribution in [3.8, 4) is 11.5 Å². The molecule has 12 heteroatoms. The minimum atomic E-state index is -1.25. The zero-order valence-corrected chi connectivity index (χ0v) is 31.8. The molecule has 52 heavy (non-hydrogen) atoms. The summed E-state index contributed by atoms with van der Waals surface area (Å²) in [6.07, 6.45) is 2.76. The van der Waals surface area contributed by atoms with Crippen LogP contribution in [0.1, 0.15) is 73.6 Å². The average Bonchev–Trinajstić information content (AvgIpc) is 3.74. The summed E-state index contributed by atoms with van der Waals surface area (Å²) in [5.41, 5.74) is 0.923.